The van der Waals surface area contributed by atoms with Crippen molar-refractivity contribution in [1.82, 2.24) is 9.38 Å². The first-order valence-electron chi connectivity index (χ1n) is 7.94. The summed E-state index contributed by atoms with van der Waals surface area (Å²) in [4.78, 5) is 16.7. The van der Waals surface area contributed by atoms with Crippen molar-refractivity contribution >= 4 is 34.8 Å². The van der Waals surface area contributed by atoms with Crippen LogP contribution in [0.25, 0.3) is 11.6 Å². The van der Waals surface area contributed by atoms with Crippen molar-refractivity contribution in [2.24, 2.45) is 0 Å². The van der Waals surface area contributed by atoms with E-state index in [1.54, 1.807) is 35.7 Å². The minimum absolute atomic E-state index is 0.0816. The second-order valence-corrected chi connectivity index (χ2v) is 6.22. The van der Waals surface area contributed by atoms with Gasteiger partial charge < -0.3 is 9.72 Å². The van der Waals surface area contributed by atoms with Crippen molar-refractivity contribution in [3.05, 3.63) is 70.3 Å². The number of pyridine rings is 1. The second kappa shape index (κ2) is 7.37. The molecule has 0 aliphatic rings. The number of alkyl halides is 3. The quantitative estimate of drug-likeness (QED) is 0.500. The van der Waals surface area contributed by atoms with Gasteiger partial charge in [-0.05, 0) is 43.3 Å². The lowest BCUT2D eigenvalue weighted by atomic mass is 10.1. The number of nitrogens with zero attached hydrogens (tertiary/aromatic N) is 3. The lowest BCUT2D eigenvalue weighted by molar-refractivity contribution is -0.137. The number of fused-ring (bicyclic) bond motifs is 1. The fourth-order valence-corrected chi connectivity index (χ4v) is 2.76. The maximum Gasteiger partial charge on any atom is 0.416 e. The summed E-state index contributed by atoms with van der Waals surface area (Å²) in [5.41, 5.74) is -0.464. The van der Waals surface area contributed by atoms with E-state index in [1.165, 1.54) is 6.08 Å². The van der Waals surface area contributed by atoms with Crippen LogP contribution in [0.4, 0.5) is 18.9 Å². The molecule has 28 heavy (non-hydrogen) atoms. The van der Waals surface area contributed by atoms with Crippen LogP contribution in [0.3, 0.4) is 0 Å². The van der Waals surface area contributed by atoms with E-state index in [1.807, 2.05) is 6.07 Å². The van der Waals surface area contributed by atoms with Gasteiger partial charge in [0, 0.05) is 6.20 Å². The Balaban J connectivity index is 1.95. The number of nitrogens with one attached hydrogen (secondary N) is 1. The summed E-state index contributed by atoms with van der Waals surface area (Å²) in [5, 5.41) is 11.5. The van der Waals surface area contributed by atoms with Crippen LogP contribution in [-0.2, 0) is 11.0 Å². The van der Waals surface area contributed by atoms with Crippen molar-refractivity contribution in [3.8, 4) is 6.07 Å². The average molecular weight is 405 g/mol. The van der Waals surface area contributed by atoms with Crippen molar-refractivity contribution in [2.75, 3.05) is 5.32 Å². The van der Waals surface area contributed by atoms with Gasteiger partial charge in [0.25, 0.3) is 5.91 Å². The highest BCUT2D eigenvalue weighted by molar-refractivity contribution is 6.34. The molecule has 1 amide bonds. The number of halogens is 4. The molecule has 0 atom stereocenters. The fraction of sp³-hybridized carbons (Fsp3) is 0.105. The van der Waals surface area contributed by atoms with E-state index in [9.17, 15) is 23.2 Å². The van der Waals surface area contributed by atoms with Crippen LogP contribution in [0.15, 0.2) is 48.2 Å². The minimum Gasteiger partial charge on any atom is -0.320 e. The summed E-state index contributed by atoms with van der Waals surface area (Å²) in [6.07, 6.45) is -1.53. The number of anilines is 1. The van der Waals surface area contributed by atoms with Gasteiger partial charge in [-0.15, -0.1) is 0 Å². The zero-order valence-electron chi connectivity index (χ0n) is 14.4. The molecule has 0 aliphatic carbocycles. The summed E-state index contributed by atoms with van der Waals surface area (Å²) in [7, 11) is 0. The molecule has 0 aliphatic heterocycles. The Kier molecular flexibility index (Phi) is 5.12. The van der Waals surface area contributed by atoms with Gasteiger partial charge in [0.2, 0.25) is 0 Å². The average Bonchev–Trinajstić information content (AvgIpc) is 2.96. The van der Waals surface area contributed by atoms with E-state index in [0.717, 1.165) is 12.1 Å². The van der Waals surface area contributed by atoms with Crippen LogP contribution in [0.1, 0.15) is 17.1 Å². The monoisotopic (exact) mass is 404 g/mol. The molecule has 2 aromatic heterocycles. The number of aromatic nitrogens is 2. The number of hydrogen-bond acceptors (Lipinski definition) is 3. The number of carbonyl (C=O) groups excluding carboxylic acids is 1. The first-order valence-corrected chi connectivity index (χ1v) is 8.32. The summed E-state index contributed by atoms with van der Waals surface area (Å²) >= 11 is 5.88. The van der Waals surface area contributed by atoms with E-state index in [2.05, 4.69) is 10.3 Å². The van der Waals surface area contributed by atoms with Gasteiger partial charge in [-0.25, -0.2) is 4.98 Å². The fourth-order valence-electron chi connectivity index (χ4n) is 2.60. The highest BCUT2D eigenvalue weighted by Gasteiger charge is 2.31. The van der Waals surface area contributed by atoms with Gasteiger partial charge in [0.1, 0.15) is 17.5 Å². The van der Waals surface area contributed by atoms with Gasteiger partial charge >= 0.3 is 6.18 Å². The predicted octanol–water partition coefficient (Wildman–Crippen LogP) is 4.86. The molecule has 1 N–H and O–H groups in total. The number of benzene rings is 1. The molecule has 9 heteroatoms. The Morgan fingerprint density at radius 1 is 1.32 bits per heavy atom. The van der Waals surface area contributed by atoms with Crippen LogP contribution < -0.4 is 5.32 Å². The first-order chi connectivity index (χ1) is 13.2. The molecule has 2 heterocycles. The van der Waals surface area contributed by atoms with Crippen molar-refractivity contribution < 1.29 is 18.0 Å². The molecular weight excluding hydrogens is 393 g/mol. The Bertz CT molecular complexity index is 1140. The number of imidazole rings is 1. The Hall–Kier alpha value is -3.31. The van der Waals surface area contributed by atoms with Crippen LogP contribution >= 0.6 is 11.6 Å². The van der Waals surface area contributed by atoms with Gasteiger partial charge in [-0.1, -0.05) is 17.7 Å². The summed E-state index contributed by atoms with van der Waals surface area (Å²) in [5.74, 6) is -0.237. The number of rotatable bonds is 3. The number of nitriles is 1. The molecule has 0 radical (unpaired) electrons. The smallest absolute Gasteiger partial charge is 0.320 e. The molecule has 0 unspecified atom stereocenters. The van der Waals surface area contributed by atoms with E-state index in [0.29, 0.717) is 23.1 Å². The summed E-state index contributed by atoms with van der Waals surface area (Å²) in [6.45, 7) is 1.76. The summed E-state index contributed by atoms with van der Waals surface area (Å²) < 4.78 is 40.4. The Morgan fingerprint density at radius 2 is 2.07 bits per heavy atom. The molecule has 3 rings (SSSR count). The van der Waals surface area contributed by atoms with E-state index in [-0.39, 0.29) is 16.3 Å². The normalized spacial score (nSPS) is 12.1. The molecule has 5 nitrogen and oxygen atoms in total. The second-order valence-electron chi connectivity index (χ2n) is 5.82. The van der Waals surface area contributed by atoms with Crippen molar-refractivity contribution in [3.63, 3.8) is 0 Å². The highest BCUT2D eigenvalue weighted by atomic mass is 35.5. The van der Waals surface area contributed by atoms with Crippen LogP contribution in [0.5, 0.6) is 0 Å². The van der Waals surface area contributed by atoms with Crippen LogP contribution in [0, 0.1) is 18.3 Å². The number of carbonyl (C=O) groups is 1. The molecule has 0 fully saturated rings. The largest absolute Gasteiger partial charge is 0.416 e. The minimum atomic E-state index is -4.59. The lowest BCUT2D eigenvalue weighted by Crippen LogP contribution is -2.15. The molecular formula is C19H12ClF3N4O. The molecule has 3 aromatic rings. The SMILES string of the molecule is Cc1nc(/C=C(\C#N)C(=O)Nc2cc(C(F)(F)F)ccc2Cl)c2ccccn12. The molecule has 142 valence electrons. The van der Waals surface area contributed by atoms with Crippen molar-refractivity contribution in [2.45, 2.75) is 13.1 Å². The molecule has 0 spiro atoms. The first kappa shape index (κ1) is 19.5. The van der Waals surface area contributed by atoms with Crippen molar-refractivity contribution in [1.29, 1.82) is 5.26 Å². The maximum atomic E-state index is 12.9. The van der Waals surface area contributed by atoms with E-state index in [4.69, 9.17) is 11.6 Å². The molecule has 0 bridgehead atoms. The summed E-state index contributed by atoms with van der Waals surface area (Å²) in [6, 6.07) is 9.65. The van der Waals surface area contributed by atoms with Crippen LogP contribution in [-0.4, -0.2) is 15.3 Å². The van der Waals surface area contributed by atoms with E-state index < -0.39 is 17.6 Å². The number of hydrogen-bond donors (Lipinski definition) is 1. The molecule has 0 saturated carbocycles. The van der Waals surface area contributed by atoms with Crippen LogP contribution in [0.2, 0.25) is 5.02 Å². The Morgan fingerprint density at radius 3 is 2.75 bits per heavy atom. The Labute approximate surface area is 162 Å². The highest BCUT2D eigenvalue weighted by Crippen LogP contribution is 2.34. The standard InChI is InChI=1S/C19H12ClF3N4O/c1-11-25-16(17-4-2-3-7-27(11)17)8-12(10-24)18(28)26-15-9-13(19(21,22)23)5-6-14(15)20/h2-9H,1H3,(H,26,28)/b12-8+. The zero-order chi connectivity index (χ0) is 20.5. The predicted molar refractivity (Wildman–Crippen MR) is 98.6 cm³/mol. The number of aryl methyl sites for hydroxylation is 1. The number of amides is 1. The topological polar surface area (TPSA) is 70.2 Å². The third-order valence-electron chi connectivity index (χ3n) is 3.94. The zero-order valence-corrected chi connectivity index (χ0v) is 15.1. The third kappa shape index (κ3) is 3.85. The molecule has 0 saturated heterocycles. The third-order valence-corrected chi connectivity index (χ3v) is 4.27. The van der Waals surface area contributed by atoms with E-state index >= 15 is 0 Å². The van der Waals surface area contributed by atoms with Gasteiger partial charge in [-0.3, -0.25) is 4.79 Å². The lowest BCUT2D eigenvalue weighted by Gasteiger charge is -2.11. The van der Waals surface area contributed by atoms with Gasteiger partial charge in [0.15, 0.2) is 0 Å². The van der Waals surface area contributed by atoms with Gasteiger partial charge in [0.05, 0.1) is 27.5 Å². The maximum absolute atomic E-state index is 12.9. The molecule has 1 aromatic carbocycles. The van der Waals surface area contributed by atoms with Gasteiger partial charge in [-0.2, -0.15) is 18.4 Å².